The molecule has 2 aromatic rings. The predicted molar refractivity (Wildman–Crippen MR) is 77.9 cm³/mol. The Balaban J connectivity index is 2.38. The summed E-state index contributed by atoms with van der Waals surface area (Å²) in [6.07, 6.45) is 0. The van der Waals surface area contributed by atoms with Crippen LogP contribution in [0.5, 0.6) is 11.5 Å². The molecule has 0 spiro atoms. The summed E-state index contributed by atoms with van der Waals surface area (Å²) in [5.74, 6) is 0.996. The highest BCUT2D eigenvalue weighted by Crippen LogP contribution is 2.34. The van der Waals surface area contributed by atoms with E-state index in [4.69, 9.17) is 16.3 Å². The molecule has 0 N–H and O–H groups in total. The van der Waals surface area contributed by atoms with Crippen molar-refractivity contribution in [1.82, 2.24) is 0 Å². The number of rotatable bonds is 3. The fourth-order valence-corrected chi connectivity index (χ4v) is 2.30. The quantitative estimate of drug-likeness (QED) is 0.591. The second kappa shape index (κ2) is 6.04. The van der Waals surface area contributed by atoms with Gasteiger partial charge in [-0.3, -0.25) is 0 Å². The van der Waals surface area contributed by atoms with Crippen molar-refractivity contribution in [3.8, 4) is 11.5 Å². The third-order valence-corrected chi connectivity index (χ3v) is 3.72. The van der Waals surface area contributed by atoms with E-state index < -0.39 is 0 Å². The number of hydrogen-bond donors (Lipinski definition) is 0. The lowest BCUT2D eigenvalue weighted by Gasteiger charge is -2.11. The maximum absolute atomic E-state index is 13.2. The third-order valence-electron chi connectivity index (χ3n) is 2.29. The molecule has 0 aliphatic heterocycles. The van der Waals surface area contributed by atoms with E-state index >= 15 is 0 Å². The second-order valence-corrected chi connectivity index (χ2v) is 5.60. The van der Waals surface area contributed by atoms with Crippen molar-refractivity contribution in [1.29, 1.82) is 0 Å². The molecule has 5 heteroatoms. The number of ether oxygens (including phenoxy) is 1. The smallest absolute Gasteiger partial charge is 0.144 e. The summed E-state index contributed by atoms with van der Waals surface area (Å²) in [5.41, 5.74) is 0.844. The first-order valence-electron chi connectivity index (χ1n) is 5.07. The van der Waals surface area contributed by atoms with Crippen molar-refractivity contribution >= 4 is 43.5 Å². The SMILES string of the molecule is Fc1ccc(Br)c(Oc2cc(Br)ccc2CCl)c1. The van der Waals surface area contributed by atoms with Gasteiger partial charge in [0.05, 0.1) is 10.4 Å². The first-order valence-corrected chi connectivity index (χ1v) is 7.19. The molecule has 0 aliphatic carbocycles. The lowest BCUT2D eigenvalue weighted by Crippen LogP contribution is -1.91. The Morgan fingerprint density at radius 2 is 1.83 bits per heavy atom. The van der Waals surface area contributed by atoms with E-state index in [1.807, 2.05) is 12.1 Å². The van der Waals surface area contributed by atoms with Crippen molar-refractivity contribution in [2.24, 2.45) is 0 Å². The van der Waals surface area contributed by atoms with Crippen LogP contribution in [0.25, 0.3) is 0 Å². The van der Waals surface area contributed by atoms with Gasteiger partial charge in [-0.05, 0) is 40.2 Å². The summed E-state index contributed by atoms with van der Waals surface area (Å²) in [4.78, 5) is 0. The minimum atomic E-state index is -0.351. The Morgan fingerprint density at radius 1 is 1.06 bits per heavy atom. The number of alkyl halides is 1. The zero-order valence-electron chi connectivity index (χ0n) is 9.09. The molecule has 0 atom stereocenters. The highest BCUT2D eigenvalue weighted by molar-refractivity contribution is 9.10. The van der Waals surface area contributed by atoms with E-state index in [0.717, 1.165) is 10.0 Å². The number of hydrogen-bond acceptors (Lipinski definition) is 1. The number of benzene rings is 2. The zero-order valence-corrected chi connectivity index (χ0v) is 13.0. The van der Waals surface area contributed by atoms with Crippen LogP contribution in [-0.4, -0.2) is 0 Å². The maximum Gasteiger partial charge on any atom is 0.144 e. The van der Waals surface area contributed by atoms with Gasteiger partial charge in [0, 0.05) is 16.1 Å². The molecule has 1 nitrogen and oxygen atoms in total. The first kappa shape index (κ1) is 13.8. The van der Waals surface area contributed by atoms with Gasteiger partial charge in [0.25, 0.3) is 0 Å². The van der Waals surface area contributed by atoms with Crippen molar-refractivity contribution in [2.75, 3.05) is 0 Å². The van der Waals surface area contributed by atoms with Crippen LogP contribution in [-0.2, 0) is 5.88 Å². The third kappa shape index (κ3) is 3.25. The molecule has 0 unspecified atom stereocenters. The van der Waals surface area contributed by atoms with Gasteiger partial charge in [0.15, 0.2) is 0 Å². The number of halogens is 4. The van der Waals surface area contributed by atoms with Gasteiger partial charge in [0.2, 0.25) is 0 Å². The minimum absolute atomic E-state index is 0.329. The molecule has 2 rings (SSSR count). The topological polar surface area (TPSA) is 9.23 Å². The van der Waals surface area contributed by atoms with Crippen LogP contribution in [0.15, 0.2) is 45.3 Å². The van der Waals surface area contributed by atoms with Gasteiger partial charge >= 0.3 is 0 Å². The minimum Gasteiger partial charge on any atom is -0.456 e. The molecule has 0 fully saturated rings. The van der Waals surface area contributed by atoms with Crippen molar-refractivity contribution in [3.05, 3.63) is 56.7 Å². The van der Waals surface area contributed by atoms with Crippen LogP contribution in [0, 0.1) is 5.82 Å². The van der Waals surface area contributed by atoms with Gasteiger partial charge in [0.1, 0.15) is 17.3 Å². The Kier molecular flexibility index (Phi) is 4.65. The molecule has 2 aromatic carbocycles. The Hall–Kier alpha value is -0.580. The molecular formula is C13H8Br2ClFO. The monoisotopic (exact) mass is 392 g/mol. The van der Waals surface area contributed by atoms with Crippen molar-refractivity contribution in [3.63, 3.8) is 0 Å². The van der Waals surface area contributed by atoms with Crippen LogP contribution >= 0.6 is 43.5 Å². The fourth-order valence-electron chi connectivity index (χ4n) is 1.41. The summed E-state index contributed by atoms with van der Waals surface area (Å²) >= 11 is 12.5. The molecule has 0 radical (unpaired) electrons. The zero-order chi connectivity index (χ0) is 13.1. The predicted octanol–water partition coefficient (Wildman–Crippen LogP) is 5.88. The molecule has 0 bridgehead atoms. The molecule has 0 aromatic heterocycles. The summed E-state index contributed by atoms with van der Waals surface area (Å²) in [7, 11) is 0. The summed E-state index contributed by atoms with van der Waals surface area (Å²) in [6, 6.07) is 9.83. The van der Waals surface area contributed by atoms with E-state index in [1.165, 1.54) is 12.1 Å². The van der Waals surface area contributed by atoms with E-state index in [-0.39, 0.29) is 5.82 Å². The van der Waals surface area contributed by atoms with E-state index in [0.29, 0.717) is 21.9 Å². The normalized spacial score (nSPS) is 10.4. The van der Waals surface area contributed by atoms with E-state index in [2.05, 4.69) is 31.9 Å². The average molecular weight is 394 g/mol. The van der Waals surface area contributed by atoms with Crippen molar-refractivity contribution < 1.29 is 9.13 Å². The van der Waals surface area contributed by atoms with E-state index in [1.54, 1.807) is 12.1 Å². The van der Waals surface area contributed by atoms with Gasteiger partial charge in [-0.25, -0.2) is 4.39 Å². The van der Waals surface area contributed by atoms with Gasteiger partial charge in [-0.1, -0.05) is 22.0 Å². The van der Waals surface area contributed by atoms with Crippen LogP contribution in [0.4, 0.5) is 4.39 Å². The molecule has 18 heavy (non-hydrogen) atoms. The second-order valence-electron chi connectivity index (χ2n) is 3.56. The largest absolute Gasteiger partial charge is 0.456 e. The van der Waals surface area contributed by atoms with Gasteiger partial charge in [-0.2, -0.15) is 0 Å². The lowest BCUT2D eigenvalue weighted by atomic mass is 10.2. The van der Waals surface area contributed by atoms with Crippen LogP contribution < -0.4 is 4.74 Å². The molecule has 0 saturated carbocycles. The molecular weight excluding hydrogens is 386 g/mol. The Morgan fingerprint density at radius 3 is 2.56 bits per heavy atom. The molecule has 0 heterocycles. The van der Waals surface area contributed by atoms with Crippen LogP contribution in [0.2, 0.25) is 0 Å². The molecule has 0 amide bonds. The summed E-state index contributed by atoms with van der Waals surface area (Å²) < 4.78 is 20.4. The van der Waals surface area contributed by atoms with Gasteiger partial charge in [-0.15, -0.1) is 11.6 Å². The average Bonchev–Trinajstić information content (AvgIpc) is 2.34. The maximum atomic E-state index is 13.2. The highest BCUT2D eigenvalue weighted by Gasteiger charge is 2.08. The molecule has 0 saturated heterocycles. The molecule has 0 aliphatic rings. The van der Waals surface area contributed by atoms with Crippen LogP contribution in [0.1, 0.15) is 5.56 Å². The summed E-state index contributed by atoms with van der Waals surface area (Å²) in [5, 5.41) is 0. The fraction of sp³-hybridized carbons (Fsp3) is 0.0769. The summed E-state index contributed by atoms with van der Waals surface area (Å²) in [6.45, 7) is 0. The highest BCUT2D eigenvalue weighted by atomic mass is 79.9. The van der Waals surface area contributed by atoms with Crippen LogP contribution in [0.3, 0.4) is 0 Å². The Labute approximate surface area is 126 Å². The van der Waals surface area contributed by atoms with Crippen molar-refractivity contribution in [2.45, 2.75) is 5.88 Å². The molecule has 94 valence electrons. The first-order chi connectivity index (χ1) is 8.60. The van der Waals surface area contributed by atoms with E-state index in [9.17, 15) is 4.39 Å². The lowest BCUT2D eigenvalue weighted by molar-refractivity contribution is 0.469. The van der Waals surface area contributed by atoms with Gasteiger partial charge < -0.3 is 4.74 Å². The standard InChI is InChI=1S/C13H8Br2ClFO/c14-9-2-1-8(7-16)12(5-9)18-13-6-10(17)3-4-11(13)15/h1-6H,7H2. The Bertz CT molecular complexity index is 575.